The van der Waals surface area contributed by atoms with Crippen molar-refractivity contribution >= 4 is 17.7 Å². The molecule has 6 heteroatoms. The Morgan fingerprint density at radius 2 is 2.23 bits per heavy atom. The molecule has 26 heavy (non-hydrogen) atoms. The number of hydrogen-bond acceptors (Lipinski definition) is 4. The number of benzene rings is 1. The van der Waals surface area contributed by atoms with E-state index in [1.807, 2.05) is 19.1 Å². The summed E-state index contributed by atoms with van der Waals surface area (Å²) in [7, 11) is 0. The SMILES string of the molecule is C=C(C(=N)C1=C(NCC(C)F)c2ccc(C#N)cc2CC1)C(C)/N=C\N. The van der Waals surface area contributed by atoms with Gasteiger partial charge in [-0.25, -0.2) is 4.39 Å². The predicted molar refractivity (Wildman–Crippen MR) is 104 cm³/mol. The van der Waals surface area contributed by atoms with E-state index < -0.39 is 6.17 Å². The summed E-state index contributed by atoms with van der Waals surface area (Å²) in [6.45, 7) is 7.45. The Morgan fingerprint density at radius 3 is 2.85 bits per heavy atom. The third-order valence-corrected chi connectivity index (χ3v) is 4.45. The number of allylic oxidation sites excluding steroid dienone is 1. The van der Waals surface area contributed by atoms with Crippen molar-refractivity contribution in [1.82, 2.24) is 5.32 Å². The van der Waals surface area contributed by atoms with Crippen LogP contribution < -0.4 is 11.1 Å². The molecule has 2 unspecified atom stereocenters. The van der Waals surface area contributed by atoms with Gasteiger partial charge in [0.2, 0.25) is 0 Å². The van der Waals surface area contributed by atoms with Gasteiger partial charge in [0.05, 0.1) is 29.7 Å². The summed E-state index contributed by atoms with van der Waals surface area (Å²) in [5.41, 5.74) is 10.2. The summed E-state index contributed by atoms with van der Waals surface area (Å²) in [6, 6.07) is 7.29. The molecule has 1 aromatic rings. The maximum atomic E-state index is 13.4. The summed E-state index contributed by atoms with van der Waals surface area (Å²) in [5, 5.41) is 20.8. The summed E-state index contributed by atoms with van der Waals surface area (Å²) in [6.07, 6.45) is 1.51. The molecule has 136 valence electrons. The van der Waals surface area contributed by atoms with E-state index in [0.717, 1.165) is 22.4 Å². The van der Waals surface area contributed by atoms with Crippen molar-refractivity contribution in [3.63, 3.8) is 0 Å². The monoisotopic (exact) mass is 353 g/mol. The van der Waals surface area contributed by atoms with E-state index in [9.17, 15) is 4.39 Å². The van der Waals surface area contributed by atoms with Crippen LogP contribution in [0.15, 0.2) is 40.9 Å². The van der Waals surface area contributed by atoms with E-state index in [4.69, 9.17) is 16.4 Å². The molecule has 2 atom stereocenters. The van der Waals surface area contributed by atoms with E-state index in [1.54, 1.807) is 6.07 Å². The minimum atomic E-state index is -1.02. The summed E-state index contributed by atoms with van der Waals surface area (Å²) in [5.74, 6) is 0. The van der Waals surface area contributed by atoms with E-state index in [-0.39, 0.29) is 12.6 Å². The maximum absolute atomic E-state index is 13.4. The molecule has 0 saturated carbocycles. The van der Waals surface area contributed by atoms with Crippen LogP contribution in [0.5, 0.6) is 0 Å². The Bertz CT molecular complexity index is 814. The fraction of sp³-hybridized carbons (Fsp3) is 0.350. The molecule has 1 aromatic carbocycles. The Hall–Kier alpha value is -2.94. The number of hydrogen-bond donors (Lipinski definition) is 3. The first-order valence-corrected chi connectivity index (χ1v) is 8.55. The minimum absolute atomic E-state index is 0.147. The lowest BCUT2D eigenvalue weighted by atomic mass is 9.84. The Kier molecular flexibility index (Phi) is 6.29. The van der Waals surface area contributed by atoms with E-state index in [0.29, 0.717) is 29.7 Å². The highest BCUT2D eigenvalue weighted by atomic mass is 19.1. The van der Waals surface area contributed by atoms with Crippen molar-refractivity contribution in [2.45, 2.75) is 38.9 Å². The molecule has 0 fully saturated rings. The number of nitrogens with one attached hydrogen (secondary N) is 2. The third kappa shape index (κ3) is 4.17. The zero-order valence-electron chi connectivity index (χ0n) is 15.1. The maximum Gasteiger partial charge on any atom is 0.114 e. The van der Waals surface area contributed by atoms with Crippen LogP contribution in [0.2, 0.25) is 0 Å². The number of rotatable bonds is 7. The van der Waals surface area contributed by atoms with Gasteiger partial charge in [0, 0.05) is 23.4 Å². The van der Waals surface area contributed by atoms with Gasteiger partial charge < -0.3 is 16.5 Å². The molecule has 0 amide bonds. The van der Waals surface area contributed by atoms with E-state index in [1.165, 1.54) is 13.3 Å². The number of aliphatic imine (C=N–C) groups is 1. The molecule has 0 aliphatic heterocycles. The van der Waals surface area contributed by atoms with Crippen LogP contribution >= 0.6 is 0 Å². The molecule has 1 aliphatic carbocycles. The highest BCUT2D eigenvalue weighted by Gasteiger charge is 2.24. The normalized spacial score (nSPS) is 15.9. The molecule has 2 rings (SSSR count). The molecule has 5 nitrogen and oxygen atoms in total. The van der Waals surface area contributed by atoms with Gasteiger partial charge in [0.1, 0.15) is 6.17 Å². The molecule has 4 N–H and O–H groups in total. The predicted octanol–water partition coefficient (Wildman–Crippen LogP) is 3.11. The van der Waals surface area contributed by atoms with E-state index in [2.05, 4.69) is 23.0 Å². The molecular formula is C20H24FN5. The van der Waals surface area contributed by atoms with Gasteiger partial charge >= 0.3 is 0 Å². The second-order valence-electron chi connectivity index (χ2n) is 6.37. The summed E-state index contributed by atoms with van der Waals surface area (Å²) < 4.78 is 13.4. The van der Waals surface area contributed by atoms with Crippen LogP contribution in [-0.4, -0.2) is 30.8 Å². The van der Waals surface area contributed by atoms with Crippen molar-refractivity contribution in [3.8, 4) is 6.07 Å². The quantitative estimate of drug-likeness (QED) is 0.519. The van der Waals surface area contributed by atoms with Crippen molar-refractivity contribution in [2.24, 2.45) is 10.7 Å². The molecule has 0 spiro atoms. The van der Waals surface area contributed by atoms with Crippen LogP contribution in [0.25, 0.3) is 5.70 Å². The highest BCUT2D eigenvalue weighted by Crippen LogP contribution is 2.32. The largest absolute Gasteiger partial charge is 0.390 e. The Balaban J connectivity index is 2.48. The standard InChI is InChI=1S/C20H24FN5/c1-12(21)10-25-20-17-6-4-15(9-22)8-16(17)5-7-18(20)19(24)13(2)14(3)26-11-23/h4,6,8,11-12,14,24-25H,2,5,7,10H2,1,3H3,(H2,23,26). The van der Waals surface area contributed by atoms with Crippen molar-refractivity contribution < 1.29 is 4.39 Å². The fourth-order valence-corrected chi connectivity index (χ4v) is 2.98. The van der Waals surface area contributed by atoms with Gasteiger partial charge in [-0.15, -0.1) is 0 Å². The molecule has 0 heterocycles. The number of aryl methyl sites for hydroxylation is 1. The molecule has 0 saturated heterocycles. The highest BCUT2D eigenvalue weighted by molar-refractivity contribution is 6.15. The van der Waals surface area contributed by atoms with Crippen molar-refractivity contribution in [2.75, 3.05) is 6.54 Å². The van der Waals surface area contributed by atoms with Crippen molar-refractivity contribution in [1.29, 1.82) is 10.7 Å². The van der Waals surface area contributed by atoms with Gasteiger partial charge in [-0.2, -0.15) is 5.26 Å². The van der Waals surface area contributed by atoms with Gasteiger partial charge in [0.15, 0.2) is 0 Å². The van der Waals surface area contributed by atoms with Gasteiger partial charge in [0.25, 0.3) is 0 Å². The zero-order valence-corrected chi connectivity index (χ0v) is 15.1. The third-order valence-electron chi connectivity index (χ3n) is 4.45. The first-order chi connectivity index (χ1) is 12.4. The van der Waals surface area contributed by atoms with Gasteiger partial charge in [-0.1, -0.05) is 12.6 Å². The lowest BCUT2D eigenvalue weighted by molar-refractivity contribution is 0.358. The number of nitrogens with zero attached hydrogens (tertiary/aromatic N) is 2. The average Bonchev–Trinajstić information content (AvgIpc) is 2.64. The van der Waals surface area contributed by atoms with Crippen LogP contribution in [0.3, 0.4) is 0 Å². The molecule has 0 aromatic heterocycles. The number of halogens is 1. The van der Waals surface area contributed by atoms with Crippen LogP contribution in [0, 0.1) is 16.7 Å². The average molecular weight is 353 g/mol. The minimum Gasteiger partial charge on any atom is -0.390 e. The topological polar surface area (TPSA) is 98.0 Å². The van der Waals surface area contributed by atoms with Crippen LogP contribution in [0.1, 0.15) is 37.0 Å². The smallest absolute Gasteiger partial charge is 0.114 e. The zero-order chi connectivity index (χ0) is 19.3. The van der Waals surface area contributed by atoms with Gasteiger partial charge in [-0.05, 0) is 50.0 Å². The number of nitrogens with two attached hydrogens (primary N) is 1. The summed E-state index contributed by atoms with van der Waals surface area (Å²) >= 11 is 0. The first kappa shape index (κ1) is 19.4. The van der Waals surface area contributed by atoms with Crippen LogP contribution in [0.4, 0.5) is 4.39 Å². The first-order valence-electron chi connectivity index (χ1n) is 8.55. The Labute approximate surface area is 153 Å². The number of alkyl halides is 1. The van der Waals surface area contributed by atoms with Crippen molar-refractivity contribution in [3.05, 3.63) is 52.6 Å². The second-order valence-corrected chi connectivity index (χ2v) is 6.37. The van der Waals surface area contributed by atoms with Crippen LogP contribution in [-0.2, 0) is 6.42 Å². The molecular weight excluding hydrogens is 329 g/mol. The molecule has 0 bridgehead atoms. The molecule has 1 aliphatic rings. The fourth-order valence-electron chi connectivity index (χ4n) is 2.98. The second kappa shape index (κ2) is 8.43. The van der Waals surface area contributed by atoms with Gasteiger partial charge in [-0.3, -0.25) is 4.99 Å². The Morgan fingerprint density at radius 1 is 1.50 bits per heavy atom. The molecule has 0 radical (unpaired) electrons. The number of nitriles is 1. The number of fused-ring (bicyclic) bond motifs is 1. The summed E-state index contributed by atoms with van der Waals surface area (Å²) in [4.78, 5) is 4.08. The lowest BCUT2D eigenvalue weighted by Crippen LogP contribution is -2.27. The van der Waals surface area contributed by atoms with E-state index >= 15 is 0 Å². The lowest BCUT2D eigenvalue weighted by Gasteiger charge is -2.26.